The number of carbonyl (C=O) groups is 3. The number of hydrogen-bond donors (Lipinski definition) is 2. The fourth-order valence-corrected chi connectivity index (χ4v) is 6.29. The van der Waals surface area contributed by atoms with Gasteiger partial charge in [-0.3, -0.25) is 9.59 Å². The van der Waals surface area contributed by atoms with Gasteiger partial charge in [-0.25, -0.2) is 9.48 Å². The summed E-state index contributed by atoms with van der Waals surface area (Å²) in [6.45, 7) is 7.55. The first-order chi connectivity index (χ1) is 24.4. The Balaban J connectivity index is 1.17. The number of nitrogens with one attached hydrogen (secondary N) is 2. The highest BCUT2D eigenvalue weighted by atomic mass is 35.5. The Morgan fingerprint density at radius 1 is 1.04 bits per heavy atom. The van der Waals surface area contributed by atoms with Crippen LogP contribution >= 0.6 is 11.6 Å². The van der Waals surface area contributed by atoms with E-state index in [1.165, 1.54) is 4.90 Å². The molecule has 2 heterocycles. The van der Waals surface area contributed by atoms with Crippen LogP contribution in [0.2, 0.25) is 5.02 Å². The van der Waals surface area contributed by atoms with Crippen molar-refractivity contribution in [3.8, 4) is 11.1 Å². The molecule has 0 radical (unpaired) electrons. The van der Waals surface area contributed by atoms with Gasteiger partial charge in [-0.1, -0.05) is 54.1 Å². The van der Waals surface area contributed by atoms with Gasteiger partial charge in [0.2, 0.25) is 5.91 Å². The van der Waals surface area contributed by atoms with Crippen LogP contribution in [0.4, 0.5) is 10.5 Å². The number of ether oxygens (including phenoxy) is 2. The van der Waals surface area contributed by atoms with E-state index < -0.39 is 11.7 Å². The van der Waals surface area contributed by atoms with Crippen molar-refractivity contribution < 1.29 is 23.9 Å². The van der Waals surface area contributed by atoms with Crippen LogP contribution in [-0.2, 0) is 20.8 Å². The Labute approximate surface area is 305 Å². The molecule has 0 saturated carbocycles. The molecule has 272 valence electrons. The van der Waals surface area contributed by atoms with Gasteiger partial charge in [-0.2, -0.15) is 5.10 Å². The SMILES string of the molecule is CN(C)C(=O)c1cc(NCCCNC(=O)CCN(Cc2ccc(-c3ccccc3)c(Cl)c2)C(=O)OC(C)(C)C)c2cnn(C3CCCCO3)c2c1. The lowest BCUT2D eigenvalue weighted by atomic mass is 10.0. The highest BCUT2D eigenvalue weighted by Gasteiger charge is 2.24. The van der Waals surface area contributed by atoms with E-state index in [-0.39, 0.29) is 37.6 Å². The summed E-state index contributed by atoms with van der Waals surface area (Å²) in [5.41, 5.74) is 4.26. The summed E-state index contributed by atoms with van der Waals surface area (Å²) < 4.78 is 13.5. The van der Waals surface area contributed by atoms with Gasteiger partial charge in [0, 0.05) is 80.5 Å². The number of halogens is 1. The number of aromatic nitrogens is 2. The van der Waals surface area contributed by atoms with Crippen LogP contribution < -0.4 is 10.6 Å². The van der Waals surface area contributed by atoms with Crippen LogP contribution in [0.5, 0.6) is 0 Å². The Morgan fingerprint density at radius 2 is 1.82 bits per heavy atom. The third-order valence-corrected chi connectivity index (χ3v) is 8.85. The predicted octanol–water partition coefficient (Wildman–Crippen LogP) is 7.50. The monoisotopic (exact) mass is 716 g/mol. The van der Waals surface area contributed by atoms with E-state index in [4.69, 9.17) is 21.1 Å². The molecular weight excluding hydrogens is 668 g/mol. The second-order valence-corrected chi connectivity index (χ2v) is 14.4. The maximum absolute atomic E-state index is 13.2. The van der Waals surface area contributed by atoms with E-state index in [1.807, 2.05) is 92.3 Å². The van der Waals surface area contributed by atoms with Crippen LogP contribution in [0.25, 0.3) is 22.0 Å². The summed E-state index contributed by atoms with van der Waals surface area (Å²) in [6, 6.07) is 19.3. The molecule has 3 amide bonds. The van der Waals surface area contributed by atoms with Crippen molar-refractivity contribution in [2.45, 2.75) is 71.2 Å². The number of fused-ring (bicyclic) bond motifs is 1. The quantitative estimate of drug-likeness (QED) is 0.138. The average molecular weight is 717 g/mol. The van der Waals surface area contributed by atoms with E-state index in [2.05, 4.69) is 15.7 Å². The highest BCUT2D eigenvalue weighted by molar-refractivity contribution is 6.33. The summed E-state index contributed by atoms with van der Waals surface area (Å²) >= 11 is 6.65. The van der Waals surface area contributed by atoms with Gasteiger partial charge < -0.3 is 29.9 Å². The van der Waals surface area contributed by atoms with Gasteiger partial charge in [0.05, 0.1) is 11.7 Å². The fraction of sp³-hybridized carbons (Fsp3) is 0.436. The van der Waals surface area contributed by atoms with Crippen LogP contribution in [0.1, 0.15) is 75.0 Å². The summed E-state index contributed by atoms with van der Waals surface area (Å²) in [5, 5.41) is 12.5. The van der Waals surface area contributed by atoms with Gasteiger partial charge in [0.15, 0.2) is 6.23 Å². The molecule has 12 heteroatoms. The number of benzene rings is 3. The zero-order valence-corrected chi connectivity index (χ0v) is 31.0. The topological polar surface area (TPSA) is 118 Å². The molecule has 4 aromatic rings. The summed E-state index contributed by atoms with van der Waals surface area (Å²) in [4.78, 5) is 42.1. The van der Waals surface area contributed by atoms with Crippen molar-refractivity contribution >= 4 is 46.1 Å². The number of amides is 3. The molecule has 11 nitrogen and oxygen atoms in total. The molecule has 5 rings (SSSR count). The van der Waals surface area contributed by atoms with Gasteiger partial charge in [-0.05, 0) is 75.8 Å². The van der Waals surface area contributed by atoms with Gasteiger partial charge in [0.25, 0.3) is 5.91 Å². The van der Waals surface area contributed by atoms with Crippen molar-refractivity contribution in [1.82, 2.24) is 24.9 Å². The Bertz CT molecular complexity index is 1810. The van der Waals surface area contributed by atoms with Crippen molar-refractivity contribution in [2.24, 2.45) is 0 Å². The molecular formula is C39H49ClN6O5. The molecule has 0 bridgehead atoms. The Morgan fingerprint density at radius 3 is 2.51 bits per heavy atom. The smallest absolute Gasteiger partial charge is 0.410 e. The zero-order valence-electron chi connectivity index (χ0n) is 30.2. The van der Waals surface area contributed by atoms with Crippen LogP contribution in [0.3, 0.4) is 0 Å². The van der Waals surface area contributed by atoms with Crippen LogP contribution in [0.15, 0.2) is 66.9 Å². The van der Waals surface area contributed by atoms with E-state index >= 15 is 0 Å². The van der Waals surface area contributed by atoms with Gasteiger partial charge in [-0.15, -0.1) is 0 Å². The first-order valence-corrected chi connectivity index (χ1v) is 17.9. The minimum Gasteiger partial charge on any atom is -0.444 e. The maximum Gasteiger partial charge on any atom is 0.410 e. The number of carbonyl (C=O) groups excluding carboxylic acids is 3. The molecule has 1 aliphatic heterocycles. The molecule has 51 heavy (non-hydrogen) atoms. The first kappa shape index (κ1) is 37.6. The summed E-state index contributed by atoms with van der Waals surface area (Å²) in [5.74, 6) is -0.270. The second-order valence-electron chi connectivity index (χ2n) is 14.0. The molecule has 1 fully saturated rings. The van der Waals surface area contributed by atoms with E-state index in [0.29, 0.717) is 36.7 Å². The average Bonchev–Trinajstić information content (AvgIpc) is 3.54. The van der Waals surface area contributed by atoms with Crippen molar-refractivity contribution in [1.29, 1.82) is 0 Å². The standard InChI is InChI=1S/C39H49ClN6O5/c1-39(2,3)51-38(49)45(26-27-15-16-30(32(40)22-27)28-12-7-6-8-13-28)20-17-35(47)42-19-11-18-41-33-23-29(37(48)44(4)5)24-34-31(33)25-43-46(34)36-14-9-10-21-50-36/h6-8,12-13,15-16,22-25,36,41H,9-11,14,17-21,26H2,1-5H3,(H,42,47). The third-order valence-electron chi connectivity index (χ3n) is 8.54. The number of hydrogen-bond acceptors (Lipinski definition) is 7. The fourth-order valence-electron chi connectivity index (χ4n) is 5.97. The molecule has 1 saturated heterocycles. The number of anilines is 1. The van der Waals surface area contributed by atoms with E-state index in [1.54, 1.807) is 19.0 Å². The lowest BCUT2D eigenvalue weighted by Gasteiger charge is -2.27. The molecule has 1 atom stereocenters. The highest BCUT2D eigenvalue weighted by Crippen LogP contribution is 2.32. The Hall–Kier alpha value is -4.61. The summed E-state index contributed by atoms with van der Waals surface area (Å²) in [7, 11) is 3.46. The summed E-state index contributed by atoms with van der Waals surface area (Å²) in [6.07, 6.45) is 4.87. The lowest BCUT2D eigenvalue weighted by Crippen LogP contribution is -2.39. The Kier molecular flexibility index (Phi) is 12.6. The normalized spacial score (nSPS) is 14.6. The molecule has 0 aliphatic carbocycles. The second kappa shape index (κ2) is 17.1. The van der Waals surface area contributed by atoms with E-state index in [0.717, 1.165) is 52.5 Å². The van der Waals surface area contributed by atoms with Crippen molar-refractivity contribution in [3.63, 3.8) is 0 Å². The lowest BCUT2D eigenvalue weighted by molar-refractivity contribution is -0.121. The van der Waals surface area contributed by atoms with Crippen molar-refractivity contribution in [2.75, 3.05) is 45.7 Å². The maximum atomic E-state index is 13.2. The van der Waals surface area contributed by atoms with Gasteiger partial charge in [0.1, 0.15) is 5.60 Å². The number of rotatable bonds is 13. The predicted molar refractivity (Wildman–Crippen MR) is 201 cm³/mol. The molecule has 0 spiro atoms. The number of nitrogens with zero attached hydrogens (tertiary/aromatic N) is 4. The molecule has 1 aromatic heterocycles. The molecule has 3 aromatic carbocycles. The van der Waals surface area contributed by atoms with Crippen LogP contribution in [-0.4, -0.2) is 83.4 Å². The minimum absolute atomic E-state index is 0.0998. The van der Waals surface area contributed by atoms with Crippen molar-refractivity contribution in [3.05, 3.63) is 83.0 Å². The first-order valence-electron chi connectivity index (χ1n) is 17.6. The minimum atomic E-state index is -0.688. The molecule has 1 aliphatic rings. The zero-order chi connectivity index (χ0) is 36.5. The third kappa shape index (κ3) is 10.2. The van der Waals surface area contributed by atoms with Gasteiger partial charge >= 0.3 is 6.09 Å². The largest absolute Gasteiger partial charge is 0.444 e. The van der Waals surface area contributed by atoms with E-state index in [9.17, 15) is 14.4 Å². The van der Waals surface area contributed by atoms with Crippen LogP contribution in [0, 0.1) is 0 Å². The molecule has 1 unspecified atom stereocenters. The molecule has 2 N–H and O–H groups in total.